The number of hydrogen-bond donors (Lipinski definition) is 1. The Morgan fingerprint density at radius 2 is 2.09 bits per heavy atom. The highest BCUT2D eigenvalue weighted by Crippen LogP contribution is 1.99. The second-order valence-electron chi connectivity index (χ2n) is 2.34. The lowest BCUT2D eigenvalue weighted by molar-refractivity contribution is 1.03. The van der Waals surface area contributed by atoms with Crippen molar-refractivity contribution in [2.75, 3.05) is 0 Å². The van der Waals surface area contributed by atoms with Gasteiger partial charge in [0, 0.05) is 24.7 Å². The zero-order valence-corrected chi connectivity index (χ0v) is 6.51. The van der Waals surface area contributed by atoms with E-state index in [4.69, 9.17) is 0 Å². The zero-order chi connectivity index (χ0) is 8.10. The third kappa shape index (κ3) is 2.08. The fraction of sp³-hybridized carbons (Fsp3) is 0.222. The Morgan fingerprint density at radius 3 is 2.73 bits per heavy atom. The van der Waals surface area contributed by atoms with E-state index in [-0.39, 0.29) is 0 Å². The van der Waals surface area contributed by atoms with E-state index in [0.717, 1.165) is 24.4 Å². The number of nitrogens with one attached hydrogen (secondary N) is 1. The number of aromatic amines is 1. The quantitative estimate of drug-likeness (QED) is 0.649. The number of nitrogens with zero attached hydrogens (tertiary/aromatic N) is 1. The van der Waals surface area contributed by atoms with Crippen molar-refractivity contribution in [2.45, 2.75) is 12.8 Å². The van der Waals surface area contributed by atoms with E-state index in [1.807, 2.05) is 18.3 Å². The van der Waals surface area contributed by atoms with Crippen LogP contribution in [0.5, 0.6) is 0 Å². The molecule has 0 aliphatic carbocycles. The van der Waals surface area contributed by atoms with Gasteiger partial charge in [0.25, 0.3) is 0 Å². The van der Waals surface area contributed by atoms with Crippen LogP contribution in [0.4, 0.5) is 0 Å². The van der Waals surface area contributed by atoms with E-state index < -0.39 is 0 Å². The molecule has 11 heavy (non-hydrogen) atoms. The van der Waals surface area contributed by atoms with E-state index in [0.29, 0.717) is 0 Å². The molecule has 0 unspecified atom stereocenters. The number of imidazole rings is 1. The maximum atomic E-state index is 4.15. The molecular formula is C9H12N2. The van der Waals surface area contributed by atoms with E-state index >= 15 is 0 Å². The molecule has 0 aliphatic rings. The van der Waals surface area contributed by atoms with Gasteiger partial charge < -0.3 is 4.98 Å². The van der Waals surface area contributed by atoms with Gasteiger partial charge in [-0.3, -0.25) is 0 Å². The van der Waals surface area contributed by atoms with Crippen LogP contribution in [-0.2, 0) is 12.8 Å². The van der Waals surface area contributed by atoms with Crippen LogP contribution >= 0.6 is 0 Å². The molecular weight excluding hydrogens is 136 g/mol. The summed E-state index contributed by atoms with van der Waals surface area (Å²) in [4.78, 5) is 7.31. The molecule has 0 atom stereocenters. The van der Waals surface area contributed by atoms with Crippen LogP contribution in [-0.4, -0.2) is 9.97 Å². The first-order chi connectivity index (χ1) is 5.36. The van der Waals surface area contributed by atoms with Gasteiger partial charge in [-0.1, -0.05) is 12.2 Å². The van der Waals surface area contributed by atoms with Crippen LogP contribution in [0.15, 0.2) is 31.5 Å². The number of rotatable bonds is 4. The molecule has 0 saturated carbocycles. The Morgan fingerprint density at radius 1 is 1.36 bits per heavy atom. The molecule has 0 aromatic carbocycles. The lowest BCUT2D eigenvalue weighted by atomic mass is 10.3. The van der Waals surface area contributed by atoms with Gasteiger partial charge in [-0.05, 0) is 0 Å². The SMILES string of the molecule is C=CCc1cnc(CC=C)[nH]1. The summed E-state index contributed by atoms with van der Waals surface area (Å²) in [5, 5.41) is 0. The highest BCUT2D eigenvalue weighted by Gasteiger charge is 1.95. The number of hydrogen-bond acceptors (Lipinski definition) is 1. The van der Waals surface area contributed by atoms with E-state index in [1.54, 1.807) is 0 Å². The van der Waals surface area contributed by atoms with Crippen LogP contribution in [0, 0.1) is 0 Å². The molecule has 2 heteroatoms. The zero-order valence-electron chi connectivity index (χ0n) is 6.51. The number of allylic oxidation sites excluding steroid dienone is 2. The van der Waals surface area contributed by atoms with Crippen molar-refractivity contribution >= 4 is 0 Å². The minimum Gasteiger partial charge on any atom is -0.345 e. The van der Waals surface area contributed by atoms with Gasteiger partial charge in [0.1, 0.15) is 5.82 Å². The number of H-pyrrole nitrogens is 1. The summed E-state index contributed by atoms with van der Waals surface area (Å²) in [6.45, 7) is 7.27. The van der Waals surface area contributed by atoms with Crippen LogP contribution < -0.4 is 0 Å². The maximum Gasteiger partial charge on any atom is 0.110 e. The monoisotopic (exact) mass is 148 g/mol. The Balaban J connectivity index is 2.64. The molecule has 1 aromatic heterocycles. The normalized spacial score (nSPS) is 9.45. The fourth-order valence-corrected chi connectivity index (χ4v) is 0.905. The first-order valence-corrected chi connectivity index (χ1v) is 3.61. The predicted octanol–water partition coefficient (Wildman–Crippen LogP) is 1.87. The third-order valence-electron chi connectivity index (χ3n) is 1.38. The Bertz CT molecular complexity index is 223. The largest absolute Gasteiger partial charge is 0.345 e. The topological polar surface area (TPSA) is 28.7 Å². The first-order valence-electron chi connectivity index (χ1n) is 3.61. The van der Waals surface area contributed by atoms with Gasteiger partial charge >= 0.3 is 0 Å². The van der Waals surface area contributed by atoms with Gasteiger partial charge in [0.15, 0.2) is 0 Å². The van der Waals surface area contributed by atoms with E-state index in [1.165, 1.54) is 0 Å². The summed E-state index contributed by atoms with van der Waals surface area (Å²) in [5.74, 6) is 0.969. The maximum absolute atomic E-state index is 4.15. The van der Waals surface area contributed by atoms with Crippen molar-refractivity contribution in [3.8, 4) is 0 Å². The Labute approximate surface area is 66.7 Å². The van der Waals surface area contributed by atoms with Crippen LogP contribution in [0.25, 0.3) is 0 Å². The summed E-state index contributed by atoms with van der Waals surface area (Å²) in [6.07, 6.45) is 7.17. The summed E-state index contributed by atoms with van der Waals surface area (Å²) >= 11 is 0. The predicted molar refractivity (Wildman–Crippen MR) is 46.4 cm³/mol. The van der Waals surface area contributed by atoms with Crippen molar-refractivity contribution in [1.82, 2.24) is 9.97 Å². The minimum atomic E-state index is 0.803. The minimum absolute atomic E-state index is 0.803. The summed E-state index contributed by atoms with van der Waals surface area (Å²) in [5.41, 5.74) is 1.11. The molecule has 0 aliphatic heterocycles. The van der Waals surface area contributed by atoms with E-state index in [2.05, 4.69) is 23.1 Å². The fourth-order valence-electron chi connectivity index (χ4n) is 0.905. The molecule has 0 radical (unpaired) electrons. The summed E-state index contributed by atoms with van der Waals surface area (Å²) in [6, 6.07) is 0. The molecule has 0 amide bonds. The van der Waals surface area contributed by atoms with Gasteiger partial charge in [0.05, 0.1) is 0 Å². The average Bonchev–Trinajstić information content (AvgIpc) is 2.38. The molecule has 0 spiro atoms. The molecule has 1 aromatic rings. The first kappa shape index (κ1) is 7.79. The highest BCUT2D eigenvalue weighted by molar-refractivity contribution is 5.06. The second kappa shape index (κ2) is 3.76. The van der Waals surface area contributed by atoms with Crippen molar-refractivity contribution in [1.29, 1.82) is 0 Å². The van der Waals surface area contributed by atoms with Crippen LogP contribution in [0.2, 0.25) is 0 Å². The van der Waals surface area contributed by atoms with Gasteiger partial charge in [-0.25, -0.2) is 4.98 Å². The molecule has 2 nitrogen and oxygen atoms in total. The molecule has 1 heterocycles. The van der Waals surface area contributed by atoms with Crippen molar-refractivity contribution in [3.63, 3.8) is 0 Å². The van der Waals surface area contributed by atoms with E-state index in [9.17, 15) is 0 Å². The van der Waals surface area contributed by atoms with Gasteiger partial charge in [-0.2, -0.15) is 0 Å². The molecule has 0 fully saturated rings. The lowest BCUT2D eigenvalue weighted by Crippen LogP contribution is -1.84. The third-order valence-corrected chi connectivity index (χ3v) is 1.38. The van der Waals surface area contributed by atoms with Crippen molar-refractivity contribution in [3.05, 3.63) is 43.0 Å². The molecule has 0 saturated heterocycles. The van der Waals surface area contributed by atoms with Gasteiger partial charge in [-0.15, -0.1) is 13.2 Å². The lowest BCUT2D eigenvalue weighted by Gasteiger charge is -1.87. The second-order valence-corrected chi connectivity index (χ2v) is 2.34. The summed E-state index contributed by atoms with van der Waals surface area (Å²) < 4.78 is 0. The smallest absolute Gasteiger partial charge is 0.110 e. The number of aromatic nitrogens is 2. The Hall–Kier alpha value is -1.31. The van der Waals surface area contributed by atoms with Crippen molar-refractivity contribution in [2.24, 2.45) is 0 Å². The molecule has 1 N–H and O–H groups in total. The summed E-state index contributed by atoms with van der Waals surface area (Å²) in [7, 11) is 0. The molecule has 1 rings (SSSR count). The average molecular weight is 148 g/mol. The molecule has 58 valence electrons. The van der Waals surface area contributed by atoms with Crippen LogP contribution in [0.1, 0.15) is 11.5 Å². The molecule has 0 bridgehead atoms. The Kier molecular flexibility index (Phi) is 2.66. The standard InChI is InChI=1S/C9H12N2/c1-3-5-8-7-10-9(11-8)6-4-2/h3-4,7H,1-2,5-6H2,(H,10,11). The van der Waals surface area contributed by atoms with Crippen molar-refractivity contribution < 1.29 is 0 Å². The highest BCUT2D eigenvalue weighted by atomic mass is 14.9. The van der Waals surface area contributed by atoms with Crippen LogP contribution in [0.3, 0.4) is 0 Å². The van der Waals surface area contributed by atoms with Gasteiger partial charge in [0.2, 0.25) is 0 Å².